The van der Waals surface area contributed by atoms with Crippen molar-refractivity contribution >= 4 is 11.8 Å². The molecule has 2 aromatic rings. The van der Waals surface area contributed by atoms with Crippen LogP contribution in [0.25, 0.3) is 0 Å². The van der Waals surface area contributed by atoms with E-state index in [0.29, 0.717) is 24.2 Å². The molecule has 0 fully saturated rings. The molecular formula is C26H32N2O3. The number of para-hydroxylation sites is 1. The first kappa shape index (κ1) is 22.6. The Morgan fingerprint density at radius 2 is 1.61 bits per heavy atom. The highest BCUT2D eigenvalue weighted by Gasteiger charge is 2.33. The van der Waals surface area contributed by atoms with Gasteiger partial charge in [-0.3, -0.25) is 9.59 Å². The third kappa shape index (κ3) is 5.54. The standard InChI is InChI=1S/C26H32N2O3/c1-18(2)24-25(29)27-22(20-13-6-5-7-14-20)16-10-8-12-19(3)31-23-17-11-9-15-21(23)26(30)28(24)4/h5-11,13-15,17-19,22,24H,12,16H2,1-4H3,(H,27,29)/b10-8+/t19-,22+,24+/m1/s1. The Balaban J connectivity index is 1.99. The van der Waals surface area contributed by atoms with Gasteiger partial charge in [-0.15, -0.1) is 0 Å². The van der Waals surface area contributed by atoms with Gasteiger partial charge in [-0.05, 0) is 37.0 Å². The van der Waals surface area contributed by atoms with E-state index < -0.39 is 6.04 Å². The molecule has 1 heterocycles. The number of amides is 2. The van der Waals surface area contributed by atoms with Crippen LogP contribution >= 0.6 is 0 Å². The van der Waals surface area contributed by atoms with Crippen LogP contribution in [0.2, 0.25) is 0 Å². The summed E-state index contributed by atoms with van der Waals surface area (Å²) in [5.41, 5.74) is 1.51. The van der Waals surface area contributed by atoms with Gasteiger partial charge in [0.25, 0.3) is 5.91 Å². The van der Waals surface area contributed by atoms with E-state index in [1.165, 1.54) is 4.90 Å². The first-order valence-corrected chi connectivity index (χ1v) is 10.9. The van der Waals surface area contributed by atoms with Gasteiger partial charge in [0, 0.05) is 13.5 Å². The molecule has 0 unspecified atom stereocenters. The summed E-state index contributed by atoms with van der Waals surface area (Å²) in [6.45, 7) is 5.91. The first-order chi connectivity index (χ1) is 14.9. The molecule has 0 bridgehead atoms. The van der Waals surface area contributed by atoms with Gasteiger partial charge < -0.3 is 15.0 Å². The van der Waals surface area contributed by atoms with Crippen molar-refractivity contribution < 1.29 is 14.3 Å². The Hall–Kier alpha value is -3.08. The van der Waals surface area contributed by atoms with Crippen molar-refractivity contribution in [2.45, 2.75) is 51.8 Å². The average Bonchev–Trinajstić information content (AvgIpc) is 2.75. The lowest BCUT2D eigenvalue weighted by Gasteiger charge is -2.32. The number of likely N-dealkylation sites (N-methyl/N-ethyl adjacent to an activating group) is 1. The SMILES string of the molecule is CC(C)[C@H]1C(=O)N[C@H](c2ccccc2)C/C=C/C[C@@H](C)Oc2ccccc2C(=O)N1C. The number of rotatable bonds is 2. The quantitative estimate of drug-likeness (QED) is 0.713. The fourth-order valence-corrected chi connectivity index (χ4v) is 3.99. The Bertz CT molecular complexity index is 923. The van der Waals surface area contributed by atoms with Crippen molar-refractivity contribution in [1.29, 1.82) is 0 Å². The Morgan fingerprint density at radius 1 is 0.968 bits per heavy atom. The molecule has 5 heteroatoms. The maximum absolute atomic E-state index is 13.4. The van der Waals surface area contributed by atoms with Crippen molar-refractivity contribution in [3.63, 3.8) is 0 Å². The zero-order valence-corrected chi connectivity index (χ0v) is 18.7. The van der Waals surface area contributed by atoms with Crippen LogP contribution in [-0.4, -0.2) is 35.9 Å². The summed E-state index contributed by atoms with van der Waals surface area (Å²) in [5, 5.41) is 3.19. The van der Waals surface area contributed by atoms with Crippen LogP contribution in [0.1, 0.15) is 55.6 Å². The first-order valence-electron chi connectivity index (χ1n) is 10.9. The van der Waals surface area contributed by atoms with Crippen LogP contribution in [-0.2, 0) is 4.79 Å². The van der Waals surface area contributed by atoms with E-state index in [-0.39, 0.29) is 29.9 Å². The highest BCUT2D eigenvalue weighted by atomic mass is 16.5. The molecule has 0 saturated heterocycles. The van der Waals surface area contributed by atoms with Crippen molar-refractivity contribution in [2.24, 2.45) is 5.92 Å². The molecule has 0 radical (unpaired) electrons. The fraction of sp³-hybridized carbons (Fsp3) is 0.385. The summed E-state index contributed by atoms with van der Waals surface area (Å²) in [6, 6.07) is 16.4. The summed E-state index contributed by atoms with van der Waals surface area (Å²) >= 11 is 0. The predicted molar refractivity (Wildman–Crippen MR) is 123 cm³/mol. The third-order valence-electron chi connectivity index (χ3n) is 5.61. The number of nitrogens with one attached hydrogen (secondary N) is 1. The van der Waals surface area contributed by atoms with Gasteiger partial charge in [-0.1, -0.05) is 68.5 Å². The fourth-order valence-electron chi connectivity index (χ4n) is 3.99. The van der Waals surface area contributed by atoms with Crippen molar-refractivity contribution in [2.75, 3.05) is 7.05 Å². The highest BCUT2D eigenvalue weighted by molar-refractivity contribution is 5.99. The molecule has 0 saturated carbocycles. The summed E-state index contributed by atoms with van der Waals surface area (Å²) in [5.74, 6) is 0.112. The minimum Gasteiger partial charge on any atom is -0.490 e. The molecule has 0 aromatic heterocycles. The molecule has 0 aliphatic carbocycles. The zero-order valence-electron chi connectivity index (χ0n) is 18.7. The average molecular weight is 421 g/mol. The van der Waals surface area contributed by atoms with Crippen LogP contribution in [0.4, 0.5) is 0 Å². The molecule has 1 aliphatic rings. The van der Waals surface area contributed by atoms with Gasteiger partial charge in [-0.2, -0.15) is 0 Å². The van der Waals surface area contributed by atoms with E-state index in [1.54, 1.807) is 13.1 Å². The van der Waals surface area contributed by atoms with Gasteiger partial charge in [0.2, 0.25) is 5.91 Å². The van der Waals surface area contributed by atoms with E-state index in [9.17, 15) is 9.59 Å². The maximum Gasteiger partial charge on any atom is 0.258 e. The number of benzene rings is 2. The normalized spacial score (nSPS) is 24.0. The van der Waals surface area contributed by atoms with Crippen molar-refractivity contribution in [1.82, 2.24) is 10.2 Å². The molecule has 5 nitrogen and oxygen atoms in total. The molecule has 3 rings (SSSR count). The molecule has 2 aromatic carbocycles. The molecule has 31 heavy (non-hydrogen) atoms. The molecule has 1 aliphatic heterocycles. The topological polar surface area (TPSA) is 58.6 Å². The van der Waals surface area contributed by atoms with Gasteiger partial charge in [0.15, 0.2) is 0 Å². The minimum absolute atomic E-state index is 0.0548. The number of nitrogens with zero attached hydrogens (tertiary/aromatic N) is 1. The van der Waals surface area contributed by atoms with Crippen LogP contribution in [0.15, 0.2) is 66.7 Å². The molecule has 0 spiro atoms. The number of fused-ring (bicyclic) bond motifs is 1. The van der Waals surface area contributed by atoms with E-state index >= 15 is 0 Å². The van der Waals surface area contributed by atoms with E-state index in [2.05, 4.69) is 17.5 Å². The second-order valence-corrected chi connectivity index (χ2v) is 8.44. The number of hydrogen-bond acceptors (Lipinski definition) is 3. The summed E-state index contributed by atoms with van der Waals surface area (Å²) in [7, 11) is 1.69. The van der Waals surface area contributed by atoms with Crippen LogP contribution < -0.4 is 10.1 Å². The van der Waals surface area contributed by atoms with Crippen LogP contribution in [0, 0.1) is 5.92 Å². The summed E-state index contributed by atoms with van der Waals surface area (Å²) in [6.07, 6.45) is 5.47. The summed E-state index contributed by atoms with van der Waals surface area (Å²) < 4.78 is 6.09. The van der Waals surface area contributed by atoms with Gasteiger partial charge >= 0.3 is 0 Å². The third-order valence-corrected chi connectivity index (χ3v) is 5.61. The van der Waals surface area contributed by atoms with Gasteiger partial charge in [0.1, 0.15) is 11.8 Å². The monoisotopic (exact) mass is 420 g/mol. The van der Waals surface area contributed by atoms with E-state index in [4.69, 9.17) is 4.74 Å². The maximum atomic E-state index is 13.4. The smallest absolute Gasteiger partial charge is 0.258 e. The van der Waals surface area contributed by atoms with Crippen molar-refractivity contribution in [3.8, 4) is 5.75 Å². The van der Waals surface area contributed by atoms with Gasteiger partial charge in [0.05, 0.1) is 17.7 Å². The molecule has 2 amide bonds. The summed E-state index contributed by atoms with van der Waals surface area (Å²) in [4.78, 5) is 28.3. The minimum atomic E-state index is -0.601. The Morgan fingerprint density at radius 3 is 2.32 bits per heavy atom. The molecular weight excluding hydrogens is 388 g/mol. The second-order valence-electron chi connectivity index (χ2n) is 8.44. The molecule has 3 atom stereocenters. The van der Waals surface area contributed by atoms with E-state index in [1.807, 2.05) is 69.3 Å². The zero-order chi connectivity index (χ0) is 22.4. The lowest BCUT2D eigenvalue weighted by atomic mass is 9.98. The van der Waals surface area contributed by atoms with Crippen LogP contribution in [0.3, 0.4) is 0 Å². The number of hydrogen-bond donors (Lipinski definition) is 1. The lowest BCUT2D eigenvalue weighted by molar-refractivity contribution is -0.127. The predicted octanol–water partition coefficient (Wildman–Crippen LogP) is 4.76. The Labute approximate surface area is 185 Å². The Kier molecular flexibility index (Phi) is 7.50. The van der Waals surface area contributed by atoms with Gasteiger partial charge in [-0.25, -0.2) is 0 Å². The number of carbonyl (C=O) groups excluding carboxylic acids is 2. The van der Waals surface area contributed by atoms with E-state index in [0.717, 1.165) is 5.56 Å². The molecule has 1 N–H and O–H groups in total. The lowest BCUT2D eigenvalue weighted by Crippen LogP contribution is -2.51. The van der Waals surface area contributed by atoms with Crippen molar-refractivity contribution in [3.05, 3.63) is 77.9 Å². The second kappa shape index (κ2) is 10.3. The highest BCUT2D eigenvalue weighted by Crippen LogP contribution is 2.25. The molecule has 164 valence electrons. The number of carbonyl (C=O) groups is 2. The number of ether oxygens (including phenoxy) is 1. The van der Waals surface area contributed by atoms with Crippen LogP contribution in [0.5, 0.6) is 5.75 Å². The largest absolute Gasteiger partial charge is 0.490 e.